The third kappa shape index (κ3) is 14.8. The van der Waals surface area contributed by atoms with Crippen molar-refractivity contribution in [2.45, 2.75) is 208 Å². The molecule has 0 spiro atoms. The lowest BCUT2D eigenvalue weighted by Gasteiger charge is -2.16. The quantitative estimate of drug-likeness (QED) is 0.0331. The number of amides is 2. The number of aryl methyl sites for hydroxylation is 3. The summed E-state index contributed by atoms with van der Waals surface area (Å²) in [6.45, 7) is 24.0. The Hall–Kier alpha value is -6.46. The van der Waals surface area contributed by atoms with Crippen LogP contribution < -0.4 is 5.48 Å². The fourth-order valence-corrected chi connectivity index (χ4v) is 16.4. The molecular weight excluding hydrogens is 1360 g/mol. The Bertz CT molecular complexity index is 4420. The van der Waals surface area contributed by atoms with E-state index < -0.39 is 11.8 Å². The topological polar surface area (TPSA) is 268 Å². The number of hydroxylamine groups is 2. The summed E-state index contributed by atoms with van der Waals surface area (Å²) < 4.78 is 33.3. The van der Waals surface area contributed by atoms with E-state index in [1.165, 1.54) is 17.3 Å². The number of aromatic nitrogens is 12. The third-order valence-corrected chi connectivity index (χ3v) is 21.5. The number of halogens is 3. The van der Waals surface area contributed by atoms with Crippen molar-refractivity contribution in [1.29, 1.82) is 0 Å². The zero-order chi connectivity index (χ0) is 71.0. The van der Waals surface area contributed by atoms with E-state index in [9.17, 15) is 19.8 Å². The average molecular weight is 1450 g/mol. The first-order chi connectivity index (χ1) is 48.2. The van der Waals surface area contributed by atoms with E-state index in [4.69, 9.17) is 63.4 Å². The lowest BCUT2D eigenvalue weighted by molar-refractivity contribution is -0.0901. The van der Waals surface area contributed by atoms with E-state index in [-0.39, 0.29) is 63.0 Å². The summed E-state index contributed by atoms with van der Waals surface area (Å²) in [5.74, 6) is 3.89. The number of fused-ring (bicyclic) bond motifs is 4. The van der Waals surface area contributed by atoms with E-state index in [0.29, 0.717) is 99.0 Å². The molecule has 8 aromatic heterocycles. The second kappa shape index (κ2) is 31.6. The molecule has 4 fully saturated rings. The number of ether oxygens (including phenoxy) is 4. The molecular formula is C72H91Cl3N14O10S. The van der Waals surface area contributed by atoms with Gasteiger partial charge in [-0.2, -0.15) is 0 Å². The Morgan fingerprint density at radius 3 is 1.31 bits per heavy atom. The molecule has 6 aliphatic rings. The minimum absolute atomic E-state index is 0.0275. The fraction of sp³-hybridized carbons (Fsp3) is 0.556. The molecule has 28 heteroatoms. The number of nitrogens with one attached hydrogen (secondary N) is 1. The normalized spacial score (nSPS) is 24.8. The summed E-state index contributed by atoms with van der Waals surface area (Å²) >= 11 is 20.7. The Morgan fingerprint density at radius 1 is 0.530 bits per heavy atom. The minimum atomic E-state index is -0.450. The van der Waals surface area contributed by atoms with E-state index in [1.807, 2.05) is 43.3 Å². The first-order valence-electron chi connectivity index (χ1n) is 35.1. The van der Waals surface area contributed by atoms with E-state index >= 15 is 0 Å². The average Bonchev–Trinajstić information content (AvgIpc) is 1.63. The highest BCUT2D eigenvalue weighted by Gasteiger charge is 2.40. The van der Waals surface area contributed by atoms with Gasteiger partial charge in [0.1, 0.15) is 80.4 Å². The molecule has 24 nitrogen and oxygen atoms in total. The number of hydrogen-bond donors (Lipinski definition) is 3. The van der Waals surface area contributed by atoms with Crippen molar-refractivity contribution in [2.24, 2.45) is 23.7 Å². The van der Waals surface area contributed by atoms with Crippen molar-refractivity contribution in [3.8, 4) is 0 Å². The number of aliphatic hydroxyl groups is 2. The number of carbonyl (C=O) groups is 2. The number of nitrogens with zero attached hydrogens (tertiary/aromatic N) is 13. The molecule has 1 aromatic carbocycles. The van der Waals surface area contributed by atoms with Crippen molar-refractivity contribution in [3.05, 3.63) is 115 Å². The first-order valence-corrected chi connectivity index (χ1v) is 37.4. The van der Waals surface area contributed by atoms with Crippen LogP contribution in [-0.2, 0) is 54.3 Å². The number of thioether (sulfide) groups is 1. The Morgan fingerprint density at radius 2 is 0.910 bits per heavy atom. The van der Waals surface area contributed by atoms with Gasteiger partial charge in [-0.15, -0.1) is 5.06 Å². The maximum absolute atomic E-state index is 12.5. The van der Waals surface area contributed by atoms with Crippen LogP contribution in [0.25, 0.3) is 44.1 Å². The van der Waals surface area contributed by atoms with Gasteiger partial charge in [-0.05, 0) is 149 Å². The number of imide groups is 1. The maximum atomic E-state index is 12.5. The van der Waals surface area contributed by atoms with Crippen LogP contribution >= 0.6 is 46.6 Å². The second-order valence-electron chi connectivity index (χ2n) is 27.0. The molecule has 100 heavy (non-hydrogen) atoms. The molecule has 0 saturated carbocycles. The SMILES string of the molecule is CCC1OC(n2cc(CCO)c3c(Cl)nc(C)nc32)CC1C.CCC1OC(n2cc(CCO)c3c(Cl)nc(SC)nc32)CC1C.CCC1OC(n2cc(CCON3C(=O)c4ccccc4C3=O)c3c(Cl)nc(C)nc32)CC1C.CCC1OC(n2cc3c4c(nc(C)nc42)NOCC3)CC1C. The van der Waals surface area contributed by atoms with Crippen LogP contribution in [0.5, 0.6) is 0 Å². The summed E-state index contributed by atoms with van der Waals surface area (Å²) in [7, 11) is 0. The molecule has 3 N–H and O–H groups in total. The molecule has 12 atom stereocenters. The lowest BCUT2D eigenvalue weighted by Crippen LogP contribution is -2.30. The number of anilines is 1. The molecule has 14 heterocycles. The van der Waals surface area contributed by atoms with Gasteiger partial charge in [-0.1, -0.05) is 114 Å². The van der Waals surface area contributed by atoms with Crippen LogP contribution in [0.4, 0.5) is 5.82 Å². The predicted molar refractivity (Wildman–Crippen MR) is 385 cm³/mol. The number of aliphatic hydroxyl groups excluding tert-OH is 2. The van der Waals surface area contributed by atoms with Crippen LogP contribution in [0, 0.1) is 44.4 Å². The molecule has 12 unspecified atom stereocenters. The van der Waals surface area contributed by atoms with Crippen molar-refractivity contribution in [3.63, 3.8) is 0 Å². The van der Waals surface area contributed by atoms with Crippen molar-refractivity contribution < 1.29 is 48.4 Å². The van der Waals surface area contributed by atoms with Gasteiger partial charge in [-0.25, -0.2) is 45.4 Å². The molecule has 15 rings (SSSR count). The molecule has 9 aromatic rings. The predicted octanol–water partition coefficient (Wildman–Crippen LogP) is 14.4. The van der Waals surface area contributed by atoms with Gasteiger partial charge in [-0.3, -0.25) is 19.3 Å². The standard InChI is InChI=1S/C24H25ClN4O4.C16H22ClN3O2S.C16H22ClN3O2.C16H22N4O2/c1-4-18-13(2)11-19(33-18)28-12-15(20-21(25)26-14(3)27-22(20)28)9-10-32-29-23(30)16-7-5-6-8-17(16)24(29)31;1-4-11-9(2)7-12(22-11)20-8-10(5-6-21)13-14(17)18-16(23-3)19-15(13)20;1-4-12-9(2)7-13(22-12)20-8-11(5-6-21)14-15(17)18-10(3)19-16(14)20;1-4-12-9(2)7-13(22-12)20-8-11-5-6-21-19-15-14(11)16(20)18-10(3)17-15/h5-8,12-13,18-19H,4,9-11H2,1-3H3;8-9,11-12,21H,4-7H2,1-3H3;8-9,12-13,21H,4-7H2,1-3H3;8-9,12-13H,4-7H2,1-3H3,(H,17,18,19). The van der Waals surface area contributed by atoms with Crippen LogP contribution in [0.1, 0.15) is 192 Å². The van der Waals surface area contributed by atoms with Gasteiger partial charge >= 0.3 is 0 Å². The van der Waals surface area contributed by atoms with Crippen LogP contribution in [0.2, 0.25) is 15.5 Å². The summed E-state index contributed by atoms with van der Waals surface area (Å²) in [6, 6.07) is 6.69. The summed E-state index contributed by atoms with van der Waals surface area (Å²) in [5.41, 5.74) is 11.0. The Kier molecular flexibility index (Phi) is 23.2. The highest BCUT2D eigenvalue weighted by molar-refractivity contribution is 7.98. The van der Waals surface area contributed by atoms with Crippen LogP contribution in [0.3, 0.4) is 0 Å². The third-order valence-electron chi connectivity index (χ3n) is 20.1. The summed E-state index contributed by atoms with van der Waals surface area (Å²) in [4.78, 5) is 72.0. The first kappa shape index (κ1) is 73.3. The highest BCUT2D eigenvalue weighted by atomic mass is 35.5. The van der Waals surface area contributed by atoms with Gasteiger partial charge in [0.25, 0.3) is 11.8 Å². The summed E-state index contributed by atoms with van der Waals surface area (Å²) in [5, 5.41) is 24.8. The Balaban J connectivity index is 0.000000129. The maximum Gasteiger partial charge on any atom is 0.285 e. The monoisotopic (exact) mass is 1450 g/mol. The van der Waals surface area contributed by atoms with Crippen LogP contribution in [-0.4, -0.2) is 142 Å². The van der Waals surface area contributed by atoms with Gasteiger partial charge in [0, 0.05) is 50.8 Å². The van der Waals surface area contributed by atoms with Crippen molar-refractivity contribution in [2.75, 3.05) is 38.2 Å². The van der Waals surface area contributed by atoms with Gasteiger partial charge in [0.2, 0.25) is 0 Å². The fourth-order valence-electron chi connectivity index (χ4n) is 15.1. The Labute approximate surface area is 601 Å². The van der Waals surface area contributed by atoms with Gasteiger partial charge in [0.15, 0.2) is 11.0 Å². The second-order valence-corrected chi connectivity index (χ2v) is 28.8. The largest absolute Gasteiger partial charge is 0.396 e. The molecule has 4 saturated heterocycles. The highest BCUT2D eigenvalue weighted by Crippen LogP contribution is 2.44. The van der Waals surface area contributed by atoms with E-state index in [2.05, 4.69) is 121 Å². The molecule has 0 bridgehead atoms. The number of rotatable bonds is 17. The molecule has 2 amide bonds. The van der Waals surface area contributed by atoms with E-state index in [0.717, 1.165) is 135 Å². The zero-order valence-corrected chi connectivity index (χ0v) is 62.0. The summed E-state index contributed by atoms with van der Waals surface area (Å²) in [6.07, 6.45) is 21.3. The molecule has 0 radical (unpaired) electrons. The van der Waals surface area contributed by atoms with E-state index in [1.54, 1.807) is 31.2 Å². The minimum Gasteiger partial charge on any atom is -0.396 e. The van der Waals surface area contributed by atoms with Crippen LogP contribution in [0.15, 0.2) is 54.2 Å². The lowest BCUT2D eigenvalue weighted by atomic mass is 10.0. The molecule has 536 valence electrons. The number of benzene rings is 1. The molecule has 0 aliphatic carbocycles. The van der Waals surface area contributed by atoms with Gasteiger partial charge < -0.3 is 47.4 Å². The van der Waals surface area contributed by atoms with Crippen molar-refractivity contribution >= 4 is 108 Å². The smallest absolute Gasteiger partial charge is 0.285 e. The number of carbonyl (C=O) groups excluding carboxylic acids is 2. The van der Waals surface area contributed by atoms with Gasteiger partial charge in [0.05, 0.1) is 70.3 Å². The number of hydrogen-bond acceptors (Lipinski definition) is 20. The molecule has 6 aliphatic heterocycles. The van der Waals surface area contributed by atoms with Crippen molar-refractivity contribution in [1.82, 2.24) is 63.2 Å². The zero-order valence-electron chi connectivity index (χ0n) is 58.9.